The van der Waals surface area contributed by atoms with Crippen LogP contribution in [0.3, 0.4) is 0 Å². The Morgan fingerprint density at radius 2 is 2.14 bits per heavy atom. The molecule has 0 aliphatic carbocycles. The minimum Gasteiger partial charge on any atom is -0.385 e. The average Bonchev–Trinajstić information content (AvgIpc) is 2.54. The summed E-state index contributed by atoms with van der Waals surface area (Å²) in [6.07, 6.45) is 7.48. The van der Waals surface area contributed by atoms with E-state index in [0.29, 0.717) is 11.3 Å². The molecule has 0 bridgehead atoms. The number of anilines is 2. The normalized spacial score (nSPS) is 12.7. The topological polar surface area (TPSA) is 41.1 Å². The first-order valence-electron chi connectivity index (χ1n) is 7.01. The Bertz CT molecular complexity index is 728. The molecule has 0 fully saturated rings. The molecule has 0 aromatic heterocycles. The number of benzene rings is 2. The van der Waals surface area contributed by atoms with Crippen LogP contribution in [0.25, 0.3) is 0 Å². The Morgan fingerprint density at radius 3 is 3.00 bits per heavy atom. The number of rotatable bonds is 2. The number of fused-ring (bicyclic) bond motifs is 1. The van der Waals surface area contributed by atoms with E-state index in [0.717, 1.165) is 30.6 Å². The standard InChI is InChI=1S/C18H16N2O/c1-2-13-5-3-7-16(11-13)20-18(21)15-8-9-17-14(12-15)6-4-10-19-17/h1,3,5,7-9,11-12,19H,4,6,10H2,(H,20,21). The molecule has 2 N–H and O–H groups in total. The van der Waals surface area contributed by atoms with Gasteiger partial charge in [-0.15, -0.1) is 6.42 Å². The molecule has 3 rings (SSSR count). The summed E-state index contributed by atoms with van der Waals surface area (Å²) >= 11 is 0. The highest BCUT2D eigenvalue weighted by Gasteiger charge is 2.12. The highest BCUT2D eigenvalue weighted by atomic mass is 16.1. The number of aryl methyl sites for hydroxylation is 1. The fourth-order valence-corrected chi connectivity index (χ4v) is 2.51. The fourth-order valence-electron chi connectivity index (χ4n) is 2.51. The summed E-state index contributed by atoms with van der Waals surface area (Å²) in [5, 5.41) is 6.22. The van der Waals surface area contributed by atoms with Crippen LogP contribution in [0.2, 0.25) is 0 Å². The molecule has 0 radical (unpaired) electrons. The largest absolute Gasteiger partial charge is 0.385 e. The molecule has 0 saturated carbocycles. The molecule has 0 unspecified atom stereocenters. The van der Waals surface area contributed by atoms with E-state index >= 15 is 0 Å². The molecule has 2 aromatic carbocycles. The van der Waals surface area contributed by atoms with Crippen molar-refractivity contribution in [3.05, 3.63) is 59.2 Å². The van der Waals surface area contributed by atoms with Gasteiger partial charge in [-0.25, -0.2) is 0 Å². The zero-order chi connectivity index (χ0) is 14.7. The molecule has 2 aromatic rings. The van der Waals surface area contributed by atoms with Crippen molar-refractivity contribution in [1.29, 1.82) is 0 Å². The van der Waals surface area contributed by atoms with Crippen LogP contribution in [-0.4, -0.2) is 12.5 Å². The van der Waals surface area contributed by atoms with Crippen LogP contribution in [0.1, 0.15) is 27.9 Å². The van der Waals surface area contributed by atoms with Crippen LogP contribution in [0, 0.1) is 12.3 Å². The van der Waals surface area contributed by atoms with Gasteiger partial charge in [0, 0.05) is 29.0 Å². The number of carbonyl (C=O) groups excluding carboxylic acids is 1. The predicted octanol–water partition coefficient (Wildman–Crippen LogP) is 3.28. The first-order chi connectivity index (χ1) is 10.3. The van der Waals surface area contributed by atoms with Gasteiger partial charge in [-0.05, 0) is 54.8 Å². The molecule has 0 atom stereocenters. The molecule has 0 spiro atoms. The van der Waals surface area contributed by atoms with Gasteiger partial charge in [-0.3, -0.25) is 4.79 Å². The smallest absolute Gasteiger partial charge is 0.255 e. The van der Waals surface area contributed by atoms with E-state index in [1.54, 1.807) is 6.07 Å². The maximum absolute atomic E-state index is 12.3. The van der Waals surface area contributed by atoms with Crippen molar-refractivity contribution in [1.82, 2.24) is 0 Å². The highest BCUT2D eigenvalue weighted by molar-refractivity contribution is 6.04. The van der Waals surface area contributed by atoms with Crippen molar-refractivity contribution in [2.24, 2.45) is 0 Å². The monoisotopic (exact) mass is 276 g/mol. The maximum atomic E-state index is 12.3. The summed E-state index contributed by atoms with van der Waals surface area (Å²) in [6.45, 7) is 0.997. The van der Waals surface area contributed by atoms with Gasteiger partial charge in [-0.2, -0.15) is 0 Å². The van der Waals surface area contributed by atoms with Gasteiger partial charge in [0.1, 0.15) is 0 Å². The Morgan fingerprint density at radius 1 is 1.24 bits per heavy atom. The summed E-state index contributed by atoms with van der Waals surface area (Å²) in [5.41, 5.74) is 4.47. The number of carbonyl (C=O) groups is 1. The molecule has 1 aliphatic rings. The minimum atomic E-state index is -0.113. The minimum absolute atomic E-state index is 0.113. The fraction of sp³-hybridized carbons (Fsp3) is 0.167. The van der Waals surface area contributed by atoms with Crippen LogP contribution in [0.4, 0.5) is 11.4 Å². The highest BCUT2D eigenvalue weighted by Crippen LogP contribution is 2.23. The maximum Gasteiger partial charge on any atom is 0.255 e. The van der Waals surface area contributed by atoms with Gasteiger partial charge in [-0.1, -0.05) is 12.0 Å². The van der Waals surface area contributed by atoms with Crippen molar-refractivity contribution in [3.8, 4) is 12.3 Å². The Kier molecular flexibility index (Phi) is 3.61. The zero-order valence-corrected chi connectivity index (χ0v) is 11.6. The summed E-state index contributed by atoms with van der Waals surface area (Å²) in [4.78, 5) is 12.3. The summed E-state index contributed by atoms with van der Waals surface area (Å²) in [6, 6.07) is 13.1. The van der Waals surface area contributed by atoms with Crippen molar-refractivity contribution >= 4 is 17.3 Å². The number of hydrogen-bond donors (Lipinski definition) is 2. The quantitative estimate of drug-likeness (QED) is 0.826. The predicted molar refractivity (Wildman–Crippen MR) is 85.6 cm³/mol. The second-order valence-corrected chi connectivity index (χ2v) is 5.08. The molecule has 3 heteroatoms. The van der Waals surface area contributed by atoms with E-state index in [2.05, 4.69) is 16.6 Å². The number of nitrogens with one attached hydrogen (secondary N) is 2. The first kappa shape index (κ1) is 13.3. The van der Waals surface area contributed by atoms with Crippen LogP contribution in [0.15, 0.2) is 42.5 Å². The summed E-state index contributed by atoms with van der Waals surface area (Å²) in [5.74, 6) is 2.45. The van der Waals surface area contributed by atoms with Gasteiger partial charge >= 0.3 is 0 Å². The van der Waals surface area contributed by atoms with E-state index < -0.39 is 0 Å². The lowest BCUT2D eigenvalue weighted by molar-refractivity contribution is 0.102. The molecule has 104 valence electrons. The third kappa shape index (κ3) is 2.90. The van der Waals surface area contributed by atoms with E-state index in [1.807, 2.05) is 36.4 Å². The van der Waals surface area contributed by atoms with Crippen molar-refractivity contribution < 1.29 is 4.79 Å². The third-order valence-corrected chi connectivity index (χ3v) is 3.59. The van der Waals surface area contributed by atoms with Crippen molar-refractivity contribution in [2.45, 2.75) is 12.8 Å². The van der Waals surface area contributed by atoms with Gasteiger partial charge in [0.05, 0.1) is 0 Å². The molecule has 3 nitrogen and oxygen atoms in total. The molecule has 21 heavy (non-hydrogen) atoms. The SMILES string of the molecule is C#Cc1cccc(NC(=O)c2ccc3c(c2)CCCN3)c1. The Balaban J connectivity index is 1.80. The molecule has 1 heterocycles. The molecule has 0 saturated heterocycles. The van der Waals surface area contributed by atoms with Gasteiger partial charge in [0.25, 0.3) is 5.91 Å². The van der Waals surface area contributed by atoms with Gasteiger partial charge in [0.2, 0.25) is 0 Å². The van der Waals surface area contributed by atoms with Crippen LogP contribution in [-0.2, 0) is 6.42 Å². The Labute approximate surface area is 124 Å². The van der Waals surface area contributed by atoms with Gasteiger partial charge < -0.3 is 10.6 Å². The van der Waals surface area contributed by atoms with E-state index in [4.69, 9.17) is 6.42 Å². The molecular formula is C18H16N2O. The summed E-state index contributed by atoms with van der Waals surface area (Å²) < 4.78 is 0. The number of amides is 1. The van der Waals surface area contributed by atoms with Gasteiger partial charge in [0.15, 0.2) is 0 Å². The summed E-state index contributed by atoms with van der Waals surface area (Å²) in [7, 11) is 0. The number of hydrogen-bond acceptors (Lipinski definition) is 2. The molecule has 1 aliphatic heterocycles. The Hall–Kier alpha value is -2.73. The van der Waals surface area contributed by atoms with E-state index in [1.165, 1.54) is 5.56 Å². The van der Waals surface area contributed by atoms with E-state index in [9.17, 15) is 4.79 Å². The van der Waals surface area contributed by atoms with Crippen LogP contribution in [0.5, 0.6) is 0 Å². The average molecular weight is 276 g/mol. The zero-order valence-electron chi connectivity index (χ0n) is 11.6. The van der Waals surface area contributed by atoms with Crippen molar-refractivity contribution in [2.75, 3.05) is 17.2 Å². The molecular weight excluding hydrogens is 260 g/mol. The lowest BCUT2D eigenvalue weighted by atomic mass is 10.0. The first-order valence-corrected chi connectivity index (χ1v) is 7.01. The number of terminal acetylenes is 1. The second kappa shape index (κ2) is 5.72. The second-order valence-electron chi connectivity index (χ2n) is 5.08. The third-order valence-electron chi connectivity index (χ3n) is 3.59. The van der Waals surface area contributed by atoms with Crippen molar-refractivity contribution in [3.63, 3.8) is 0 Å². The van der Waals surface area contributed by atoms with Crippen LogP contribution >= 0.6 is 0 Å². The molecule has 1 amide bonds. The lowest BCUT2D eigenvalue weighted by Gasteiger charge is -2.18. The van der Waals surface area contributed by atoms with E-state index in [-0.39, 0.29) is 5.91 Å². The van der Waals surface area contributed by atoms with Crippen LogP contribution < -0.4 is 10.6 Å². The lowest BCUT2D eigenvalue weighted by Crippen LogP contribution is -2.15.